The Morgan fingerprint density at radius 1 is 1.44 bits per heavy atom. The van der Waals surface area contributed by atoms with Gasteiger partial charge in [-0.1, -0.05) is 0 Å². The van der Waals surface area contributed by atoms with E-state index in [9.17, 15) is 4.79 Å². The van der Waals surface area contributed by atoms with E-state index in [2.05, 4.69) is 14.9 Å². The second-order valence-electron chi connectivity index (χ2n) is 3.47. The van der Waals surface area contributed by atoms with Crippen molar-refractivity contribution in [2.75, 3.05) is 12.8 Å². The van der Waals surface area contributed by atoms with Crippen LogP contribution in [0.1, 0.15) is 13.0 Å². The third-order valence-electron chi connectivity index (χ3n) is 2.31. The minimum absolute atomic E-state index is 0.381. The molecule has 2 rings (SSSR count). The summed E-state index contributed by atoms with van der Waals surface area (Å²) in [7, 11) is 1.33. The molecule has 6 heteroatoms. The van der Waals surface area contributed by atoms with Crippen LogP contribution in [0, 0.1) is 0 Å². The fourth-order valence-electron chi connectivity index (χ4n) is 1.39. The molecule has 1 aromatic carbocycles. The molecule has 2 N–H and O–H groups in total. The number of hydrogen-bond donors (Lipinski definition) is 1. The number of ether oxygens (including phenoxy) is 1. The molecule has 84 valence electrons. The molecule has 0 fully saturated rings. The van der Waals surface area contributed by atoms with Crippen molar-refractivity contribution in [3.05, 3.63) is 18.2 Å². The van der Waals surface area contributed by atoms with Crippen molar-refractivity contribution in [2.24, 2.45) is 0 Å². The van der Waals surface area contributed by atoms with Crippen molar-refractivity contribution in [3.8, 4) is 0 Å². The van der Waals surface area contributed by atoms with E-state index in [0.717, 1.165) is 0 Å². The Bertz CT molecular complexity index is 535. The van der Waals surface area contributed by atoms with Crippen LogP contribution in [-0.4, -0.2) is 28.1 Å². The predicted octanol–water partition coefficient (Wildman–Crippen LogP) is 0.747. The number of methoxy groups -OCH3 is 1. The summed E-state index contributed by atoms with van der Waals surface area (Å²) in [4.78, 5) is 12.6. The zero-order chi connectivity index (χ0) is 11.7. The van der Waals surface area contributed by atoms with Crippen molar-refractivity contribution in [1.82, 2.24) is 15.0 Å². The van der Waals surface area contributed by atoms with Crippen LogP contribution < -0.4 is 5.73 Å². The first-order chi connectivity index (χ1) is 7.61. The van der Waals surface area contributed by atoms with Gasteiger partial charge < -0.3 is 10.5 Å². The minimum atomic E-state index is -0.543. The molecule has 0 saturated heterocycles. The second kappa shape index (κ2) is 3.80. The van der Waals surface area contributed by atoms with Crippen molar-refractivity contribution in [3.63, 3.8) is 0 Å². The van der Waals surface area contributed by atoms with Crippen LogP contribution in [-0.2, 0) is 9.53 Å². The highest BCUT2D eigenvalue weighted by Crippen LogP contribution is 2.15. The van der Waals surface area contributed by atoms with Gasteiger partial charge >= 0.3 is 5.97 Å². The summed E-state index contributed by atoms with van der Waals surface area (Å²) in [6, 6.07) is 4.67. The fourth-order valence-corrected chi connectivity index (χ4v) is 1.39. The van der Waals surface area contributed by atoms with E-state index >= 15 is 0 Å². The SMILES string of the molecule is COC(=O)[C@@H](C)n1nc2ccc(N)cc2n1. The Morgan fingerprint density at radius 3 is 2.81 bits per heavy atom. The van der Waals surface area contributed by atoms with Crippen molar-refractivity contribution < 1.29 is 9.53 Å². The van der Waals surface area contributed by atoms with Crippen LogP contribution in [0.3, 0.4) is 0 Å². The van der Waals surface area contributed by atoms with Crippen LogP contribution >= 0.6 is 0 Å². The summed E-state index contributed by atoms with van der Waals surface area (Å²) in [5.41, 5.74) is 7.60. The zero-order valence-corrected chi connectivity index (χ0v) is 9.04. The molecule has 1 atom stereocenters. The molecule has 0 saturated carbocycles. The number of carbonyl (C=O) groups is 1. The highest BCUT2D eigenvalue weighted by atomic mass is 16.5. The lowest BCUT2D eigenvalue weighted by Gasteiger charge is -2.06. The molecular weight excluding hydrogens is 208 g/mol. The molecule has 0 aliphatic carbocycles. The summed E-state index contributed by atoms with van der Waals surface area (Å²) in [6.45, 7) is 1.67. The normalized spacial score (nSPS) is 12.6. The van der Waals surface area contributed by atoms with Gasteiger partial charge in [-0.15, -0.1) is 0 Å². The molecule has 0 unspecified atom stereocenters. The third-order valence-corrected chi connectivity index (χ3v) is 2.31. The number of nitrogens with zero attached hydrogens (tertiary/aromatic N) is 3. The van der Waals surface area contributed by atoms with Gasteiger partial charge in [-0.05, 0) is 25.1 Å². The number of hydrogen-bond acceptors (Lipinski definition) is 5. The number of rotatable bonds is 2. The van der Waals surface area contributed by atoms with Gasteiger partial charge in [-0.3, -0.25) is 0 Å². The van der Waals surface area contributed by atoms with Crippen LogP contribution in [0.25, 0.3) is 11.0 Å². The van der Waals surface area contributed by atoms with Crippen LogP contribution in [0.5, 0.6) is 0 Å². The van der Waals surface area contributed by atoms with E-state index < -0.39 is 6.04 Å². The fraction of sp³-hybridized carbons (Fsp3) is 0.300. The topological polar surface area (TPSA) is 83.0 Å². The smallest absolute Gasteiger partial charge is 0.332 e. The Labute approximate surface area is 92.0 Å². The Kier molecular flexibility index (Phi) is 2.47. The van der Waals surface area contributed by atoms with Gasteiger partial charge in [0.2, 0.25) is 0 Å². The van der Waals surface area contributed by atoms with Gasteiger partial charge in [0.25, 0.3) is 0 Å². The number of esters is 1. The maximum absolute atomic E-state index is 11.3. The standard InChI is InChI=1S/C10H12N4O2/c1-6(10(15)16-2)14-12-8-4-3-7(11)5-9(8)13-14/h3-6H,11H2,1-2H3/t6-/m1/s1. The monoisotopic (exact) mass is 220 g/mol. The van der Waals surface area contributed by atoms with E-state index in [-0.39, 0.29) is 5.97 Å². The van der Waals surface area contributed by atoms with Crippen LogP contribution in [0.2, 0.25) is 0 Å². The van der Waals surface area contributed by atoms with Gasteiger partial charge in [0.1, 0.15) is 11.0 Å². The van der Waals surface area contributed by atoms with E-state index in [1.54, 1.807) is 25.1 Å². The van der Waals surface area contributed by atoms with E-state index in [4.69, 9.17) is 5.73 Å². The average Bonchev–Trinajstić information content (AvgIpc) is 2.69. The number of nitrogens with two attached hydrogens (primary N) is 1. The number of anilines is 1. The summed E-state index contributed by atoms with van der Waals surface area (Å²) < 4.78 is 4.62. The molecule has 0 aliphatic rings. The maximum atomic E-state index is 11.3. The summed E-state index contributed by atoms with van der Waals surface area (Å²) in [6.07, 6.45) is 0. The lowest BCUT2D eigenvalue weighted by atomic mass is 10.3. The van der Waals surface area contributed by atoms with Gasteiger partial charge in [-0.2, -0.15) is 15.0 Å². The molecule has 0 bridgehead atoms. The molecule has 0 spiro atoms. The first kappa shape index (κ1) is 10.4. The third kappa shape index (κ3) is 1.69. The largest absolute Gasteiger partial charge is 0.467 e. The molecule has 16 heavy (non-hydrogen) atoms. The average molecular weight is 220 g/mol. The Morgan fingerprint density at radius 2 is 2.12 bits per heavy atom. The summed E-state index contributed by atoms with van der Waals surface area (Å²) >= 11 is 0. The number of benzene rings is 1. The lowest BCUT2D eigenvalue weighted by Crippen LogP contribution is -2.19. The van der Waals surface area contributed by atoms with Crippen molar-refractivity contribution in [2.45, 2.75) is 13.0 Å². The van der Waals surface area contributed by atoms with E-state index in [1.165, 1.54) is 11.9 Å². The van der Waals surface area contributed by atoms with Crippen LogP contribution in [0.15, 0.2) is 18.2 Å². The molecule has 0 amide bonds. The highest BCUT2D eigenvalue weighted by molar-refractivity contribution is 5.78. The van der Waals surface area contributed by atoms with Crippen molar-refractivity contribution in [1.29, 1.82) is 0 Å². The van der Waals surface area contributed by atoms with Crippen molar-refractivity contribution >= 4 is 22.7 Å². The predicted molar refractivity (Wildman–Crippen MR) is 58.7 cm³/mol. The van der Waals surface area contributed by atoms with Gasteiger partial charge in [0.05, 0.1) is 7.11 Å². The van der Waals surface area contributed by atoms with E-state index in [0.29, 0.717) is 16.7 Å². The van der Waals surface area contributed by atoms with Gasteiger partial charge in [0.15, 0.2) is 6.04 Å². The number of nitrogen functional groups attached to an aromatic ring is 1. The summed E-state index contributed by atoms with van der Waals surface area (Å²) in [5, 5.41) is 8.34. The first-order valence-corrected chi connectivity index (χ1v) is 4.81. The molecule has 1 heterocycles. The number of aromatic nitrogens is 3. The molecule has 2 aromatic rings. The number of carbonyl (C=O) groups excluding carboxylic acids is 1. The maximum Gasteiger partial charge on any atom is 0.332 e. The Hall–Kier alpha value is -2.11. The quantitative estimate of drug-likeness (QED) is 0.596. The number of fused-ring (bicyclic) bond motifs is 1. The summed E-state index contributed by atoms with van der Waals surface area (Å²) in [5.74, 6) is -0.381. The molecule has 1 aromatic heterocycles. The van der Waals surface area contributed by atoms with Gasteiger partial charge in [0, 0.05) is 5.69 Å². The second-order valence-corrected chi connectivity index (χ2v) is 3.47. The minimum Gasteiger partial charge on any atom is -0.467 e. The highest BCUT2D eigenvalue weighted by Gasteiger charge is 2.18. The molecular formula is C10H12N4O2. The Balaban J connectivity index is 2.43. The molecule has 6 nitrogen and oxygen atoms in total. The molecule has 0 radical (unpaired) electrons. The molecule has 0 aliphatic heterocycles. The van der Waals surface area contributed by atoms with E-state index in [1.807, 2.05) is 0 Å². The first-order valence-electron chi connectivity index (χ1n) is 4.81. The van der Waals surface area contributed by atoms with Crippen LogP contribution in [0.4, 0.5) is 5.69 Å². The lowest BCUT2D eigenvalue weighted by molar-refractivity contribution is -0.144. The zero-order valence-electron chi connectivity index (χ0n) is 9.04. The van der Waals surface area contributed by atoms with Gasteiger partial charge in [-0.25, -0.2) is 4.79 Å².